The first kappa shape index (κ1) is 9.09. The fourth-order valence-electron chi connectivity index (χ4n) is 2.14. The van der Waals surface area contributed by atoms with Crippen LogP contribution in [0.2, 0.25) is 0 Å². The Labute approximate surface area is 78.0 Å². The Morgan fingerprint density at radius 3 is 2.85 bits per heavy atom. The summed E-state index contributed by atoms with van der Waals surface area (Å²) in [6.07, 6.45) is 0.0592. The molecular formula is C9H16FN3. The fraction of sp³-hybridized carbons (Fsp3) is 0.889. The number of alkyl halides is 1. The van der Waals surface area contributed by atoms with Crippen LogP contribution in [0, 0.1) is 0 Å². The molecular weight excluding hydrogens is 169 g/mol. The van der Waals surface area contributed by atoms with Gasteiger partial charge in [0.15, 0.2) is 0 Å². The first-order valence-corrected chi connectivity index (χ1v) is 4.78. The molecule has 2 aliphatic rings. The zero-order valence-electron chi connectivity index (χ0n) is 8.13. The summed E-state index contributed by atoms with van der Waals surface area (Å²) in [5.41, 5.74) is 1.13. The molecule has 1 fully saturated rings. The second kappa shape index (κ2) is 3.35. The summed E-state index contributed by atoms with van der Waals surface area (Å²) in [5.74, 6) is 0. The Balaban J connectivity index is 2.01. The largest absolute Gasteiger partial charge is 0.297 e. The van der Waals surface area contributed by atoms with E-state index in [0.29, 0.717) is 13.0 Å². The molecule has 0 radical (unpaired) electrons. The van der Waals surface area contributed by atoms with E-state index < -0.39 is 6.17 Å². The summed E-state index contributed by atoms with van der Waals surface area (Å²) in [7, 11) is 1.97. The summed E-state index contributed by atoms with van der Waals surface area (Å²) >= 11 is 0. The highest BCUT2D eigenvalue weighted by atomic mass is 19.1. The van der Waals surface area contributed by atoms with Crippen LogP contribution in [-0.2, 0) is 0 Å². The van der Waals surface area contributed by atoms with Crippen molar-refractivity contribution in [1.29, 1.82) is 0 Å². The van der Waals surface area contributed by atoms with Gasteiger partial charge in [-0.05, 0) is 20.4 Å². The van der Waals surface area contributed by atoms with E-state index in [1.807, 2.05) is 14.0 Å². The normalized spacial score (nSPS) is 41.2. The third-order valence-corrected chi connectivity index (χ3v) is 2.84. The van der Waals surface area contributed by atoms with E-state index in [1.54, 1.807) is 0 Å². The molecule has 3 atom stereocenters. The van der Waals surface area contributed by atoms with E-state index in [0.717, 1.165) is 12.3 Å². The highest BCUT2D eigenvalue weighted by Crippen LogP contribution is 2.22. The first-order chi connectivity index (χ1) is 6.16. The molecule has 0 spiro atoms. The van der Waals surface area contributed by atoms with Crippen LogP contribution in [0.5, 0.6) is 0 Å². The first-order valence-electron chi connectivity index (χ1n) is 4.78. The average molecular weight is 185 g/mol. The fourth-order valence-corrected chi connectivity index (χ4v) is 2.14. The Hall–Kier alpha value is -0.480. The van der Waals surface area contributed by atoms with Gasteiger partial charge in [-0.25, -0.2) is 4.39 Å². The summed E-state index contributed by atoms with van der Waals surface area (Å²) in [4.78, 5) is 6.51. The minimum Gasteiger partial charge on any atom is -0.297 e. The zero-order valence-corrected chi connectivity index (χ0v) is 8.13. The molecule has 0 aromatic rings. The van der Waals surface area contributed by atoms with Crippen LogP contribution in [0.3, 0.4) is 0 Å². The molecule has 2 heterocycles. The molecule has 0 bridgehead atoms. The maximum atomic E-state index is 13.1. The third kappa shape index (κ3) is 1.74. The van der Waals surface area contributed by atoms with Crippen LogP contribution in [0.25, 0.3) is 0 Å². The molecule has 74 valence electrons. The second-order valence-electron chi connectivity index (χ2n) is 4.03. The number of hydrogen-bond donors (Lipinski definition) is 1. The van der Waals surface area contributed by atoms with Crippen LogP contribution < -0.4 is 5.32 Å². The quantitative estimate of drug-likeness (QED) is 0.641. The molecule has 1 saturated heterocycles. The standard InChI is InChI=1S/C9H16FN3/c1-6-4-11-9(12-6)8-3-7(10)5-13(8)2/h7-9,11H,3-5H2,1-2H3. The molecule has 0 aromatic carbocycles. The average Bonchev–Trinajstić information content (AvgIpc) is 2.58. The number of rotatable bonds is 1. The lowest BCUT2D eigenvalue weighted by atomic mass is 10.1. The van der Waals surface area contributed by atoms with Gasteiger partial charge in [-0.15, -0.1) is 0 Å². The van der Waals surface area contributed by atoms with Gasteiger partial charge in [-0.3, -0.25) is 15.2 Å². The van der Waals surface area contributed by atoms with Gasteiger partial charge in [0.2, 0.25) is 0 Å². The molecule has 0 saturated carbocycles. The van der Waals surface area contributed by atoms with E-state index in [1.165, 1.54) is 0 Å². The van der Waals surface area contributed by atoms with Crippen molar-refractivity contribution < 1.29 is 4.39 Å². The Morgan fingerprint density at radius 2 is 2.38 bits per heavy atom. The molecule has 3 nitrogen and oxygen atoms in total. The van der Waals surface area contributed by atoms with E-state index >= 15 is 0 Å². The van der Waals surface area contributed by atoms with Gasteiger partial charge in [0, 0.05) is 24.8 Å². The van der Waals surface area contributed by atoms with Crippen molar-refractivity contribution in [3.05, 3.63) is 0 Å². The molecule has 2 aliphatic heterocycles. The Bertz CT molecular complexity index is 229. The van der Waals surface area contributed by atoms with Crippen molar-refractivity contribution in [2.75, 3.05) is 20.1 Å². The summed E-state index contributed by atoms with van der Waals surface area (Å²) in [6, 6.07) is 0.243. The number of aliphatic imine (C=N–C) groups is 1. The molecule has 13 heavy (non-hydrogen) atoms. The van der Waals surface area contributed by atoms with Gasteiger partial charge < -0.3 is 0 Å². The van der Waals surface area contributed by atoms with Crippen LogP contribution in [-0.4, -0.2) is 49.1 Å². The topological polar surface area (TPSA) is 27.6 Å². The van der Waals surface area contributed by atoms with Gasteiger partial charge in [0.05, 0.1) is 0 Å². The summed E-state index contributed by atoms with van der Waals surface area (Å²) in [6.45, 7) is 3.41. The van der Waals surface area contributed by atoms with E-state index in [2.05, 4.69) is 15.2 Å². The SMILES string of the molecule is CC1=NC(C2CC(F)CN2C)NC1. The van der Waals surface area contributed by atoms with Crippen LogP contribution in [0.15, 0.2) is 4.99 Å². The second-order valence-corrected chi connectivity index (χ2v) is 4.03. The minimum absolute atomic E-state index is 0.116. The lowest BCUT2D eigenvalue weighted by Crippen LogP contribution is -2.41. The molecule has 3 unspecified atom stereocenters. The smallest absolute Gasteiger partial charge is 0.115 e. The Kier molecular flexibility index (Phi) is 2.34. The summed E-state index contributed by atoms with van der Waals surface area (Å²) in [5, 5.41) is 3.29. The van der Waals surface area contributed by atoms with Crippen molar-refractivity contribution in [2.24, 2.45) is 4.99 Å². The van der Waals surface area contributed by atoms with Gasteiger partial charge in [-0.2, -0.15) is 0 Å². The monoisotopic (exact) mass is 185 g/mol. The van der Waals surface area contributed by atoms with Crippen LogP contribution in [0.1, 0.15) is 13.3 Å². The van der Waals surface area contributed by atoms with Crippen LogP contribution in [0.4, 0.5) is 4.39 Å². The number of halogens is 1. The predicted octanol–water partition coefficient (Wildman–Crippen LogP) is 0.419. The lowest BCUT2D eigenvalue weighted by Gasteiger charge is -2.23. The molecule has 1 N–H and O–H groups in total. The van der Waals surface area contributed by atoms with Gasteiger partial charge >= 0.3 is 0 Å². The van der Waals surface area contributed by atoms with E-state index in [-0.39, 0.29) is 12.2 Å². The minimum atomic E-state index is -0.673. The predicted molar refractivity (Wildman–Crippen MR) is 50.8 cm³/mol. The lowest BCUT2D eigenvalue weighted by molar-refractivity contribution is 0.256. The maximum absolute atomic E-state index is 13.1. The van der Waals surface area contributed by atoms with Crippen LogP contribution >= 0.6 is 0 Å². The van der Waals surface area contributed by atoms with Gasteiger partial charge in [0.25, 0.3) is 0 Å². The molecule has 2 rings (SSSR count). The third-order valence-electron chi connectivity index (χ3n) is 2.84. The molecule has 0 amide bonds. The van der Waals surface area contributed by atoms with Crippen molar-refractivity contribution in [3.8, 4) is 0 Å². The van der Waals surface area contributed by atoms with E-state index in [9.17, 15) is 4.39 Å². The number of hydrogen-bond acceptors (Lipinski definition) is 3. The zero-order chi connectivity index (χ0) is 9.42. The van der Waals surface area contributed by atoms with Crippen molar-refractivity contribution >= 4 is 5.71 Å². The number of likely N-dealkylation sites (tertiary alicyclic amines) is 1. The highest BCUT2D eigenvalue weighted by molar-refractivity contribution is 5.85. The maximum Gasteiger partial charge on any atom is 0.115 e. The Morgan fingerprint density at radius 1 is 1.62 bits per heavy atom. The molecule has 4 heteroatoms. The molecule has 0 aromatic heterocycles. The number of nitrogens with one attached hydrogen (secondary N) is 1. The van der Waals surface area contributed by atoms with Gasteiger partial charge in [-0.1, -0.05) is 0 Å². The van der Waals surface area contributed by atoms with Crippen molar-refractivity contribution in [1.82, 2.24) is 10.2 Å². The number of likely N-dealkylation sites (N-methyl/N-ethyl adjacent to an activating group) is 1. The molecule has 0 aliphatic carbocycles. The number of nitrogens with zero attached hydrogens (tertiary/aromatic N) is 2. The van der Waals surface area contributed by atoms with Crippen molar-refractivity contribution in [3.63, 3.8) is 0 Å². The van der Waals surface area contributed by atoms with Crippen molar-refractivity contribution in [2.45, 2.75) is 31.7 Å². The summed E-state index contributed by atoms with van der Waals surface area (Å²) < 4.78 is 13.1. The van der Waals surface area contributed by atoms with E-state index in [4.69, 9.17) is 0 Å². The highest BCUT2D eigenvalue weighted by Gasteiger charge is 2.36. The van der Waals surface area contributed by atoms with Gasteiger partial charge in [0.1, 0.15) is 12.3 Å².